The van der Waals surface area contributed by atoms with E-state index in [1.165, 1.54) is 0 Å². The predicted octanol–water partition coefficient (Wildman–Crippen LogP) is 5.12. The topological polar surface area (TPSA) is 114 Å². The second-order valence-electron chi connectivity index (χ2n) is 8.31. The van der Waals surface area contributed by atoms with Gasteiger partial charge in [-0.3, -0.25) is 4.79 Å². The molecule has 0 saturated carbocycles. The number of fused-ring (bicyclic) bond motifs is 1. The molecule has 2 aromatic heterocycles. The molecular weight excluding hydrogens is 420 g/mol. The van der Waals surface area contributed by atoms with Crippen LogP contribution in [0, 0.1) is 0 Å². The molecule has 3 N–H and O–H groups in total. The number of carbonyl (C=O) groups is 1. The largest absolute Gasteiger partial charge is 0.494 e. The average molecular weight is 455 g/mol. The molecule has 0 spiro atoms. The van der Waals surface area contributed by atoms with Crippen LogP contribution in [0.2, 0.25) is 0 Å². The quantitative estimate of drug-likeness (QED) is 0.288. The molecule has 1 aromatic carbocycles. The normalized spacial score (nSPS) is 12.0. The number of aromatic nitrogens is 4. The van der Waals surface area contributed by atoms with Gasteiger partial charge in [0.05, 0.1) is 12.9 Å². The molecule has 0 aliphatic heterocycles. The van der Waals surface area contributed by atoms with Gasteiger partial charge in [-0.1, -0.05) is 26.2 Å². The SMILES string of the molecule is CCCC(C)Nc1nc(Nc2ccc(OCCCCCCC(=O)O)cc2)nc2c1ncn2C. The molecule has 1 atom stereocenters. The number of carboxylic acids is 1. The fourth-order valence-electron chi connectivity index (χ4n) is 3.59. The Morgan fingerprint density at radius 3 is 2.64 bits per heavy atom. The number of carboxylic acid groups (broad SMARTS) is 1. The van der Waals surface area contributed by atoms with Crippen molar-refractivity contribution >= 4 is 34.6 Å². The van der Waals surface area contributed by atoms with Crippen molar-refractivity contribution in [2.45, 2.75) is 64.8 Å². The van der Waals surface area contributed by atoms with Crippen LogP contribution in [-0.2, 0) is 11.8 Å². The molecular formula is C24H34N6O3. The van der Waals surface area contributed by atoms with Gasteiger partial charge in [0.15, 0.2) is 17.0 Å². The highest BCUT2D eigenvalue weighted by atomic mass is 16.5. The lowest BCUT2D eigenvalue weighted by Gasteiger charge is -2.15. The Kier molecular flexibility index (Phi) is 8.86. The highest BCUT2D eigenvalue weighted by Crippen LogP contribution is 2.24. The lowest BCUT2D eigenvalue weighted by molar-refractivity contribution is -0.137. The summed E-state index contributed by atoms with van der Waals surface area (Å²) in [5.74, 6) is 1.30. The van der Waals surface area contributed by atoms with E-state index < -0.39 is 5.97 Å². The van der Waals surface area contributed by atoms with Crippen molar-refractivity contribution in [3.63, 3.8) is 0 Å². The molecule has 3 aromatic rings. The first-order valence-corrected chi connectivity index (χ1v) is 11.6. The summed E-state index contributed by atoms with van der Waals surface area (Å²) in [5.41, 5.74) is 2.39. The molecule has 0 aliphatic rings. The van der Waals surface area contributed by atoms with Gasteiger partial charge in [-0.05, 0) is 50.5 Å². The molecule has 178 valence electrons. The molecule has 9 nitrogen and oxygen atoms in total. The molecule has 33 heavy (non-hydrogen) atoms. The van der Waals surface area contributed by atoms with Crippen LogP contribution in [0.5, 0.6) is 5.75 Å². The maximum Gasteiger partial charge on any atom is 0.303 e. The van der Waals surface area contributed by atoms with Gasteiger partial charge in [-0.25, -0.2) is 4.98 Å². The van der Waals surface area contributed by atoms with E-state index in [9.17, 15) is 4.79 Å². The number of aliphatic carboxylic acids is 1. The molecule has 0 bridgehead atoms. The number of rotatable bonds is 14. The van der Waals surface area contributed by atoms with E-state index in [4.69, 9.17) is 9.84 Å². The monoisotopic (exact) mass is 454 g/mol. The van der Waals surface area contributed by atoms with Gasteiger partial charge in [0.2, 0.25) is 5.95 Å². The lowest BCUT2D eigenvalue weighted by Crippen LogP contribution is -2.16. The van der Waals surface area contributed by atoms with Crippen LogP contribution in [-0.4, -0.2) is 43.2 Å². The van der Waals surface area contributed by atoms with E-state index >= 15 is 0 Å². The summed E-state index contributed by atoms with van der Waals surface area (Å²) in [5, 5.41) is 15.4. The standard InChI is InChI=1S/C24H34N6O3/c1-4-9-17(2)26-22-21-23(30(3)16-25-21)29-24(28-22)27-18-11-13-19(14-12-18)33-15-8-6-5-7-10-20(31)32/h11-14,16-17H,4-10,15H2,1-3H3,(H,31,32)(H2,26,27,28,29). The molecule has 9 heteroatoms. The first-order chi connectivity index (χ1) is 16.0. The van der Waals surface area contributed by atoms with Gasteiger partial charge in [0, 0.05) is 25.2 Å². The summed E-state index contributed by atoms with van der Waals surface area (Å²) in [6.07, 6.45) is 7.63. The second kappa shape index (κ2) is 12.0. The van der Waals surface area contributed by atoms with E-state index in [0.29, 0.717) is 12.6 Å². The zero-order chi connectivity index (χ0) is 23.6. The number of unbranched alkanes of at least 4 members (excludes halogenated alkanes) is 3. The third-order valence-corrected chi connectivity index (χ3v) is 5.33. The van der Waals surface area contributed by atoms with Gasteiger partial charge < -0.3 is 25.0 Å². The van der Waals surface area contributed by atoms with Gasteiger partial charge in [0.25, 0.3) is 0 Å². The third-order valence-electron chi connectivity index (χ3n) is 5.33. The van der Waals surface area contributed by atoms with Crippen LogP contribution in [0.4, 0.5) is 17.5 Å². The second-order valence-corrected chi connectivity index (χ2v) is 8.31. The first-order valence-electron chi connectivity index (χ1n) is 11.6. The van der Waals surface area contributed by atoms with Crippen LogP contribution < -0.4 is 15.4 Å². The minimum atomic E-state index is -0.732. The predicted molar refractivity (Wildman–Crippen MR) is 130 cm³/mol. The molecule has 1 unspecified atom stereocenters. The number of nitrogens with one attached hydrogen (secondary N) is 2. The van der Waals surface area contributed by atoms with Crippen LogP contribution in [0.15, 0.2) is 30.6 Å². The average Bonchev–Trinajstić information content (AvgIpc) is 3.15. The number of anilines is 3. The maximum absolute atomic E-state index is 10.5. The van der Waals surface area contributed by atoms with Crippen molar-refractivity contribution in [1.82, 2.24) is 19.5 Å². The third kappa shape index (κ3) is 7.34. The Balaban J connectivity index is 1.57. The van der Waals surface area contributed by atoms with Gasteiger partial charge in [-0.15, -0.1) is 0 Å². The van der Waals surface area contributed by atoms with E-state index in [1.54, 1.807) is 6.33 Å². The summed E-state index contributed by atoms with van der Waals surface area (Å²) in [4.78, 5) is 24.3. The van der Waals surface area contributed by atoms with Crippen molar-refractivity contribution in [3.05, 3.63) is 30.6 Å². The Morgan fingerprint density at radius 1 is 1.15 bits per heavy atom. The van der Waals surface area contributed by atoms with Crippen LogP contribution in [0.3, 0.4) is 0 Å². The number of aryl methyl sites for hydroxylation is 1. The van der Waals surface area contributed by atoms with Crippen molar-refractivity contribution in [1.29, 1.82) is 0 Å². The first kappa shape index (κ1) is 24.3. The molecule has 0 radical (unpaired) electrons. The Labute approximate surface area is 194 Å². The molecule has 0 fully saturated rings. The zero-order valence-corrected chi connectivity index (χ0v) is 19.7. The number of imidazole rings is 1. The van der Waals surface area contributed by atoms with Crippen molar-refractivity contribution in [2.75, 3.05) is 17.2 Å². The number of benzene rings is 1. The maximum atomic E-state index is 10.5. The fraction of sp³-hybridized carbons (Fsp3) is 0.500. The molecule has 2 heterocycles. The fourth-order valence-corrected chi connectivity index (χ4v) is 3.59. The Hall–Kier alpha value is -3.36. The molecule has 0 saturated heterocycles. The molecule has 0 aliphatic carbocycles. The summed E-state index contributed by atoms with van der Waals surface area (Å²) in [6, 6.07) is 7.99. The number of hydrogen-bond donors (Lipinski definition) is 3. The molecule has 3 rings (SSSR count). The number of ether oxygens (including phenoxy) is 1. The van der Waals surface area contributed by atoms with Crippen LogP contribution in [0.1, 0.15) is 58.8 Å². The minimum absolute atomic E-state index is 0.238. The highest BCUT2D eigenvalue weighted by molar-refractivity contribution is 5.84. The van der Waals surface area contributed by atoms with E-state index in [-0.39, 0.29) is 12.5 Å². The van der Waals surface area contributed by atoms with E-state index in [1.807, 2.05) is 35.9 Å². The van der Waals surface area contributed by atoms with Gasteiger partial charge in [-0.2, -0.15) is 9.97 Å². The summed E-state index contributed by atoms with van der Waals surface area (Å²) in [6.45, 7) is 4.92. The zero-order valence-electron chi connectivity index (χ0n) is 19.7. The van der Waals surface area contributed by atoms with E-state index in [0.717, 1.165) is 66.9 Å². The summed E-state index contributed by atoms with van der Waals surface area (Å²) < 4.78 is 7.68. The summed E-state index contributed by atoms with van der Waals surface area (Å²) in [7, 11) is 1.92. The Bertz CT molecular complexity index is 1030. The minimum Gasteiger partial charge on any atom is -0.494 e. The summed E-state index contributed by atoms with van der Waals surface area (Å²) >= 11 is 0. The van der Waals surface area contributed by atoms with E-state index in [2.05, 4.69) is 39.4 Å². The van der Waals surface area contributed by atoms with Crippen molar-refractivity contribution in [2.24, 2.45) is 7.05 Å². The number of nitrogens with zero attached hydrogens (tertiary/aromatic N) is 4. The van der Waals surface area contributed by atoms with Crippen molar-refractivity contribution < 1.29 is 14.6 Å². The van der Waals surface area contributed by atoms with Crippen molar-refractivity contribution in [3.8, 4) is 5.75 Å². The number of hydrogen-bond acceptors (Lipinski definition) is 7. The molecule has 0 amide bonds. The van der Waals surface area contributed by atoms with Gasteiger partial charge >= 0.3 is 5.97 Å². The lowest BCUT2D eigenvalue weighted by atomic mass is 10.1. The highest BCUT2D eigenvalue weighted by Gasteiger charge is 2.14. The van der Waals surface area contributed by atoms with Crippen LogP contribution in [0.25, 0.3) is 11.2 Å². The Morgan fingerprint density at radius 2 is 1.91 bits per heavy atom. The van der Waals surface area contributed by atoms with Crippen LogP contribution >= 0.6 is 0 Å². The van der Waals surface area contributed by atoms with Gasteiger partial charge in [0.1, 0.15) is 5.75 Å². The smallest absolute Gasteiger partial charge is 0.303 e.